The zero-order chi connectivity index (χ0) is 22.3. The molecule has 1 saturated heterocycles. The minimum atomic E-state index is -0.854. The van der Waals surface area contributed by atoms with Crippen LogP contribution < -0.4 is 0 Å². The Hall–Kier alpha value is -1.98. The van der Waals surface area contributed by atoms with Gasteiger partial charge in [-0.25, -0.2) is 4.79 Å². The van der Waals surface area contributed by atoms with Gasteiger partial charge in [0.1, 0.15) is 0 Å². The normalized spacial score (nSPS) is 17.3. The molecule has 0 radical (unpaired) electrons. The van der Waals surface area contributed by atoms with Gasteiger partial charge >= 0.3 is 12.0 Å². The van der Waals surface area contributed by atoms with E-state index < -0.39 is 5.97 Å². The summed E-state index contributed by atoms with van der Waals surface area (Å²) in [6.45, 7) is 7.85. The summed E-state index contributed by atoms with van der Waals surface area (Å²) in [5, 5.41) is 10.3. The Morgan fingerprint density at radius 2 is 1.87 bits per heavy atom. The van der Waals surface area contributed by atoms with E-state index in [1.54, 1.807) is 28.0 Å². The number of amides is 2. The van der Waals surface area contributed by atoms with Gasteiger partial charge in [-0.1, -0.05) is 52.6 Å². The molecule has 0 aliphatic carbocycles. The van der Waals surface area contributed by atoms with E-state index in [0.29, 0.717) is 36.2 Å². The van der Waals surface area contributed by atoms with Crippen LogP contribution in [-0.2, 0) is 11.3 Å². The SMILES string of the molecule is CC(C)=CCCC(C)=CCN1CC(CC(=O)O)CN(Cc2ccc(Cl)cc2Cl)C1=O. The summed E-state index contributed by atoms with van der Waals surface area (Å²) in [5.74, 6) is -0.988. The molecule has 0 bridgehead atoms. The van der Waals surface area contributed by atoms with Crippen molar-refractivity contribution in [3.05, 3.63) is 57.1 Å². The molecule has 1 fully saturated rings. The summed E-state index contributed by atoms with van der Waals surface area (Å²) in [6, 6.07) is 5.09. The maximum absolute atomic E-state index is 13.1. The number of carboxylic acids is 1. The van der Waals surface area contributed by atoms with Gasteiger partial charge in [0.25, 0.3) is 0 Å². The summed E-state index contributed by atoms with van der Waals surface area (Å²) in [6.07, 6.45) is 6.20. The van der Waals surface area contributed by atoms with Crippen molar-refractivity contribution < 1.29 is 14.7 Å². The van der Waals surface area contributed by atoms with E-state index in [9.17, 15) is 14.7 Å². The van der Waals surface area contributed by atoms with Crippen LogP contribution in [0.15, 0.2) is 41.5 Å². The molecule has 30 heavy (non-hydrogen) atoms. The quantitative estimate of drug-likeness (QED) is 0.466. The molecule has 2 rings (SSSR count). The summed E-state index contributed by atoms with van der Waals surface area (Å²) in [5.41, 5.74) is 3.30. The number of carbonyl (C=O) groups is 2. The van der Waals surface area contributed by atoms with Gasteiger partial charge in [-0.15, -0.1) is 0 Å². The predicted octanol–water partition coefficient (Wildman–Crippen LogP) is 6.01. The third kappa shape index (κ3) is 7.69. The average Bonchev–Trinajstić information content (AvgIpc) is 2.64. The second-order valence-electron chi connectivity index (χ2n) is 8.14. The van der Waals surface area contributed by atoms with E-state index >= 15 is 0 Å². The smallest absolute Gasteiger partial charge is 0.320 e. The van der Waals surface area contributed by atoms with Crippen molar-refractivity contribution in [1.29, 1.82) is 0 Å². The van der Waals surface area contributed by atoms with Crippen LogP contribution in [-0.4, -0.2) is 46.5 Å². The molecule has 1 N–H and O–H groups in total. The van der Waals surface area contributed by atoms with Crippen LogP contribution in [0, 0.1) is 5.92 Å². The van der Waals surface area contributed by atoms with Gasteiger partial charge in [-0.3, -0.25) is 4.79 Å². The predicted molar refractivity (Wildman–Crippen MR) is 122 cm³/mol. The Balaban J connectivity index is 2.11. The third-order valence-electron chi connectivity index (χ3n) is 5.09. The topological polar surface area (TPSA) is 60.9 Å². The first-order chi connectivity index (χ1) is 14.2. The molecular formula is C23H30Cl2N2O3. The summed E-state index contributed by atoms with van der Waals surface area (Å²) in [7, 11) is 0. The molecule has 2 amide bonds. The van der Waals surface area contributed by atoms with Crippen molar-refractivity contribution in [1.82, 2.24) is 9.80 Å². The lowest BCUT2D eigenvalue weighted by Crippen LogP contribution is -2.53. The highest BCUT2D eigenvalue weighted by atomic mass is 35.5. The van der Waals surface area contributed by atoms with Crippen molar-refractivity contribution in [3.8, 4) is 0 Å². The van der Waals surface area contributed by atoms with Crippen LogP contribution in [0.5, 0.6) is 0 Å². The second kappa shape index (κ2) is 11.4. The minimum Gasteiger partial charge on any atom is -0.481 e. The highest BCUT2D eigenvalue weighted by Crippen LogP contribution is 2.25. The lowest BCUT2D eigenvalue weighted by atomic mass is 10.0. The lowest BCUT2D eigenvalue weighted by Gasteiger charge is -2.39. The summed E-state index contributed by atoms with van der Waals surface area (Å²) >= 11 is 12.3. The molecule has 7 heteroatoms. The Kier molecular flexibility index (Phi) is 9.25. The zero-order valence-electron chi connectivity index (χ0n) is 17.8. The van der Waals surface area contributed by atoms with Gasteiger partial charge in [0, 0.05) is 42.1 Å². The van der Waals surface area contributed by atoms with Crippen LogP contribution in [0.4, 0.5) is 4.79 Å². The van der Waals surface area contributed by atoms with Gasteiger partial charge in [0.15, 0.2) is 0 Å². The Bertz CT molecular complexity index is 832. The Labute approximate surface area is 188 Å². The molecular weight excluding hydrogens is 423 g/mol. The number of benzene rings is 1. The minimum absolute atomic E-state index is 0.0257. The zero-order valence-corrected chi connectivity index (χ0v) is 19.3. The van der Waals surface area contributed by atoms with Crippen molar-refractivity contribution >= 4 is 35.2 Å². The molecule has 1 aromatic rings. The average molecular weight is 453 g/mol. The maximum Gasteiger partial charge on any atom is 0.320 e. The first-order valence-electron chi connectivity index (χ1n) is 10.1. The van der Waals surface area contributed by atoms with Crippen LogP contribution in [0.3, 0.4) is 0 Å². The fourth-order valence-electron chi connectivity index (χ4n) is 3.51. The number of hydrogen-bond donors (Lipinski definition) is 1. The molecule has 1 aromatic carbocycles. The van der Waals surface area contributed by atoms with E-state index in [0.717, 1.165) is 18.4 Å². The largest absolute Gasteiger partial charge is 0.481 e. The molecule has 1 atom stereocenters. The fourth-order valence-corrected chi connectivity index (χ4v) is 3.98. The number of allylic oxidation sites excluding steroid dienone is 3. The van der Waals surface area contributed by atoms with Crippen molar-refractivity contribution in [2.45, 2.75) is 46.6 Å². The third-order valence-corrected chi connectivity index (χ3v) is 5.68. The molecule has 1 aliphatic rings. The van der Waals surface area contributed by atoms with Gasteiger partial charge < -0.3 is 14.9 Å². The first kappa shape index (κ1) is 24.3. The summed E-state index contributed by atoms with van der Waals surface area (Å²) in [4.78, 5) is 27.7. The molecule has 5 nitrogen and oxygen atoms in total. The number of hydrogen-bond acceptors (Lipinski definition) is 2. The number of halogens is 2. The fraction of sp³-hybridized carbons (Fsp3) is 0.478. The van der Waals surface area contributed by atoms with Crippen LogP contribution in [0.25, 0.3) is 0 Å². The monoisotopic (exact) mass is 452 g/mol. The molecule has 1 unspecified atom stereocenters. The number of carbonyl (C=O) groups excluding carboxylic acids is 1. The number of rotatable bonds is 9. The number of nitrogens with zero attached hydrogens (tertiary/aromatic N) is 2. The number of aliphatic carboxylic acids is 1. The highest BCUT2D eigenvalue weighted by Gasteiger charge is 2.32. The first-order valence-corrected chi connectivity index (χ1v) is 10.9. The van der Waals surface area contributed by atoms with Gasteiger partial charge in [0.05, 0.1) is 6.42 Å². The Morgan fingerprint density at radius 1 is 1.17 bits per heavy atom. The van der Waals surface area contributed by atoms with E-state index in [1.165, 1.54) is 11.1 Å². The summed E-state index contributed by atoms with van der Waals surface area (Å²) < 4.78 is 0. The van der Waals surface area contributed by atoms with E-state index in [2.05, 4.69) is 32.9 Å². The van der Waals surface area contributed by atoms with E-state index in [1.807, 2.05) is 0 Å². The van der Waals surface area contributed by atoms with Crippen molar-refractivity contribution in [2.24, 2.45) is 5.92 Å². The van der Waals surface area contributed by atoms with E-state index in [-0.39, 0.29) is 18.4 Å². The van der Waals surface area contributed by atoms with Gasteiger partial charge in [-0.05, 0) is 51.3 Å². The van der Waals surface area contributed by atoms with E-state index in [4.69, 9.17) is 23.2 Å². The lowest BCUT2D eigenvalue weighted by molar-refractivity contribution is -0.138. The standard InChI is InChI=1S/C23H30Cl2N2O3/c1-16(2)5-4-6-17(3)9-10-26-13-18(11-22(28)29)14-27(23(26)30)15-19-7-8-20(24)12-21(19)25/h5,7-9,12,18H,4,6,10-11,13-15H2,1-3H3,(H,28,29). The van der Waals surface area contributed by atoms with Gasteiger partial charge in [-0.2, -0.15) is 0 Å². The second-order valence-corrected chi connectivity index (χ2v) is 8.98. The molecule has 164 valence electrons. The molecule has 0 spiro atoms. The molecule has 1 heterocycles. The van der Waals surface area contributed by atoms with Crippen LogP contribution >= 0.6 is 23.2 Å². The van der Waals surface area contributed by atoms with Crippen LogP contribution in [0.2, 0.25) is 10.0 Å². The highest BCUT2D eigenvalue weighted by molar-refractivity contribution is 6.35. The molecule has 0 aromatic heterocycles. The number of carboxylic acid groups (broad SMARTS) is 1. The van der Waals surface area contributed by atoms with Crippen LogP contribution in [0.1, 0.15) is 45.6 Å². The van der Waals surface area contributed by atoms with Crippen molar-refractivity contribution in [3.63, 3.8) is 0 Å². The number of urea groups is 1. The molecule has 0 saturated carbocycles. The molecule has 1 aliphatic heterocycles. The Morgan fingerprint density at radius 3 is 2.50 bits per heavy atom. The van der Waals surface area contributed by atoms with Crippen molar-refractivity contribution in [2.75, 3.05) is 19.6 Å². The van der Waals surface area contributed by atoms with Gasteiger partial charge in [0.2, 0.25) is 0 Å². The maximum atomic E-state index is 13.1.